The SMILES string of the molecule is O=C(Cn1nnc(-c2cccc(Cl)c2)n1)N1CCC[C@@H]2CCCC[C@H]21. The Labute approximate surface area is 152 Å². The Morgan fingerprint density at radius 2 is 2.04 bits per heavy atom. The van der Waals surface area contributed by atoms with Gasteiger partial charge in [-0.15, -0.1) is 10.2 Å². The standard InChI is InChI=1S/C18H22ClN5O/c19-15-8-3-6-14(11-15)18-20-22-24(21-18)12-17(25)23-10-4-7-13-5-1-2-9-16(13)23/h3,6,8,11,13,16H,1-2,4-5,7,9-10,12H2/t13-,16+/m0/s1. The molecular formula is C18H22ClN5O. The average Bonchev–Trinajstić information content (AvgIpc) is 3.10. The van der Waals surface area contributed by atoms with Gasteiger partial charge >= 0.3 is 0 Å². The zero-order valence-electron chi connectivity index (χ0n) is 14.1. The number of likely N-dealkylation sites (tertiary alicyclic amines) is 1. The van der Waals surface area contributed by atoms with Gasteiger partial charge in [-0.05, 0) is 48.9 Å². The van der Waals surface area contributed by atoms with E-state index in [-0.39, 0.29) is 12.5 Å². The van der Waals surface area contributed by atoms with Crippen LogP contribution < -0.4 is 0 Å². The van der Waals surface area contributed by atoms with E-state index >= 15 is 0 Å². The number of aromatic nitrogens is 4. The predicted molar refractivity (Wildman–Crippen MR) is 95.0 cm³/mol. The fourth-order valence-electron chi connectivity index (χ4n) is 4.20. The molecular weight excluding hydrogens is 338 g/mol. The summed E-state index contributed by atoms with van der Waals surface area (Å²) in [5, 5.41) is 13.1. The minimum Gasteiger partial charge on any atom is -0.338 e. The lowest BCUT2D eigenvalue weighted by atomic mass is 9.78. The van der Waals surface area contributed by atoms with E-state index < -0.39 is 0 Å². The number of tetrazole rings is 1. The number of nitrogens with zero attached hydrogens (tertiary/aromatic N) is 5. The van der Waals surface area contributed by atoms with Crippen molar-refractivity contribution in [3.8, 4) is 11.4 Å². The molecule has 0 N–H and O–H groups in total. The Kier molecular flexibility index (Phi) is 4.70. The zero-order chi connectivity index (χ0) is 17.2. The molecule has 1 aliphatic carbocycles. The number of amides is 1. The molecule has 1 aromatic carbocycles. The van der Waals surface area contributed by atoms with Gasteiger partial charge in [-0.25, -0.2) is 0 Å². The minimum absolute atomic E-state index is 0.103. The van der Waals surface area contributed by atoms with Crippen LogP contribution in [-0.2, 0) is 11.3 Å². The Balaban J connectivity index is 1.46. The van der Waals surface area contributed by atoms with E-state index in [0.717, 1.165) is 24.9 Å². The van der Waals surface area contributed by atoms with E-state index in [1.165, 1.54) is 30.5 Å². The molecule has 2 heterocycles. The normalized spacial score (nSPS) is 23.3. The lowest BCUT2D eigenvalue weighted by Gasteiger charge is -2.44. The van der Waals surface area contributed by atoms with Gasteiger partial charge in [0.05, 0.1) is 0 Å². The Morgan fingerprint density at radius 1 is 1.20 bits per heavy atom. The highest BCUT2D eigenvalue weighted by molar-refractivity contribution is 6.30. The highest BCUT2D eigenvalue weighted by Crippen LogP contribution is 2.35. The number of halogens is 1. The van der Waals surface area contributed by atoms with Gasteiger partial charge in [0.1, 0.15) is 6.54 Å². The molecule has 4 rings (SSSR count). The molecule has 132 valence electrons. The van der Waals surface area contributed by atoms with Crippen molar-refractivity contribution >= 4 is 17.5 Å². The summed E-state index contributed by atoms with van der Waals surface area (Å²) in [6.45, 7) is 1.01. The number of carbonyl (C=O) groups is 1. The van der Waals surface area contributed by atoms with Crippen molar-refractivity contribution in [1.82, 2.24) is 25.1 Å². The number of fused-ring (bicyclic) bond motifs is 1. The Hall–Kier alpha value is -1.95. The van der Waals surface area contributed by atoms with Crippen LogP contribution in [0.25, 0.3) is 11.4 Å². The first-order valence-electron chi connectivity index (χ1n) is 9.04. The number of hydrogen-bond donors (Lipinski definition) is 0. The smallest absolute Gasteiger partial charge is 0.246 e. The van der Waals surface area contributed by atoms with E-state index in [1.54, 1.807) is 12.1 Å². The molecule has 2 aliphatic rings. The van der Waals surface area contributed by atoms with Crippen LogP contribution in [0.15, 0.2) is 24.3 Å². The maximum Gasteiger partial charge on any atom is 0.246 e. The molecule has 1 saturated heterocycles. The molecule has 1 aromatic heterocycles. The predicted octanol–water partition coefficient (Wildman–Crippen LogP) is 3.17. The van der Waals surface area contributed by atoms with E-state index in [2.05, 4.69) is 20.3 Å². The lowest BCUT2D eigenvalue weighted by Crippen LogP contribution is -2.50. The van der Waals surface area contributed by atoms with Gasteiger partial charge in [-0.2, -0.15) is 4.80 Å². The maximum absolute atomic E-state index is 12.8. The number of hydrogen-bond acceptors (Lipinski definition) is 4. The second-order valence-electron chi connectivity index (χ2n) is 7.00. The van der Waals surface area contributed by atoms with Gasteiger partial charge in [0, 0.05) is 23.2 Å². The molecule has 1 aliphatic heterocycles. The number of carbonyl (C=O) groups excluding carboxylic acids is 1. The van der Waals surface area contributed by atoms with Crippen LogP contribution in [0.2, 0.25) is 5.02 Å². The highest BCUT2D eigenvalue weighted by atomic mass is 35.5. The van der Waals surface area contributed by atoms with Crippen molar-refractivity contribution in [3.05, 3.63) is 29.3 Å². The summed E-state index contributed by atoms with van der Waals surface area (Å²) in [4.78, 5) is 16.3. The second-order valence-corrected chi connectivity index (χ2v) is 7.43. The van der Waals surface area contributed by atoms with Gasteiger partial charge < -0.3 is 4.90 Å². The Morgan fingerprint density at radius 3 is 2.92 bits per heavy atom. The zero-order valence-corrected chi connectivity index (χ0v) is 14.9. The van der Waals surface area contributed by atoms with E-state index in [9.17, 15) is 4.79 Å². The molecule has 2 atom stereocenters. The highest BCUT2D eigenvalue weighted by Gasteiger charge is 2.35. The van der Waals surface area contributed by atoms with Crippen molar-refractivity contribution in [2.24, 2.45) is 5.92 Å². The van der Waals surface area contributed by atoms with Crippen LogP contribution >= 0.6 is 11.6 Å². The summed E-state index contributed by atoms with van der Waals surface area (Å²) in [5.41, 5.74) is 0.802. The average molecular weight is 360 g/mol. The van der Waals surface area contributed by atoms with Gasteiger partial charge in [0.2, 0.25) is 11.7 Å². The Bertz CT molecular complexity index is 759. The van der Waals surface area contributed by atoms with Gasteiger partial charge in [-0.3, -0.25) is 4.79 Å². The number of rotatable bonds is 3. The topological polar surface area (TPSA) is 63.9 Å². The quantitative estimate of drug-likeness (QED) is 0.844. The van der Waals surface area contributed by atoms with E-state index in [0.29, 0.717) is 22.8 Å². The second kappa shape index (κ2) is 7.12. The summed E-state index contributed by atoms with van der Waals surface area (Å²) in [5.74, 6) is 1.27. The molecule has 2 fully saturated rings. The summed E-state index contributed by atoms with van der Waals surface area (Å²) < 4.78 is 0. The summed E-state index contributed by atoms with van der Waals surface area (Å²) in [6, 6.07) is 7.73. The third-order valence-corrected chi connectivity index (χ3v) is 5.61. The van der Waals surface area contributed by atoms with Crippen LogP contribution in [0.4, 0.5) is 0 Å². The van der Waals surface area contributed by atoms with E-state index in [1.807, 2.05) is 12.1 Å². The molecule has 2 aromatic rings. The van der Waals surface area contributed by atoms with Crippen molar-refractivity contribution in [3.63, 3.8) is 0 Å². The monoisotopic (exact) mass is 359 g/mol. The molecule has 0 spiro atoms. The van der Waals surface area contributed by atoms with Gasteiger partial charge in [-0.1, -0.05) is 36.6 Å². The lowest BCUT2D eigenvalue weighted by molar-refractivity contribution is -0.138. The van der Waals surface area contributed by atoms with Crippen LogP contribution in [0.5, 0.6) is 0 Å². The van der Waals surface area contributed by atoms with Crippen LogP contribution in [0.1, 0.15) is 38.5 Å². The molecule has 6 nitrogen and oxygen atoms in total. The van der Waals surface area contributed by atoms with E-state index in [4.69, 9.17) is 11.6 Å². The van der Waals surface area contributed by atoms with Gasteiger partial charge in [0.25, 0.3) is 0 Å². The van der Waals surface area contributed by atoms with Crippen LogP contribution in [0, 0.1) is 5.92 Å². The van der Waals surface area contributed by atoms with Crippen molar-refractivity contribution in [2.45, 2.75) is 51.1 Å². The first-order valence-corrected chi connectivity index (χ1v) is 9.42. The first kappa shape index (κ1) is 16.5. The third-order valence-electron chi connectivity index (χ3n) is 5.38. The first-order chi connectivity index (χ1) is 12.2. The van der Waals surface area contributed by atoms with Gasteiger partial charge in [0.15, 0.2) is 0 Å². The molecule has 1 saturated carbocycles. The minimum atomic E-state index is 0.103. The van der Waals surface area contributed by atoms with Crippen LogP contribution in [-0.4, -0.2) is 43.6 Å². The molecule has 1 amide bonds. The molecule has 0 unspecified atom stereocenters. The van der Waals surface area contributed by atoms with Crippen LogP contribution in [0.3, 0.4) is 0 Å². The summed E-state index contributed by atoms with van der Waals surface area (Å²) in [6.07, 6.45) is 7.28. The largest absolute Gasteiger partial charge is 0.338 e. The molecule has 0 radical (unpaired) electrons. The molecule has 0 bridgehead atoms. The number of benzene rings is 1. The molecule has 7 heteroatoms. The van der Waals surface area contributed by atoms with Crippen molar-refractivity contribution in [2.75, 3.05) is 6.54 Å². The summed E-state index contributed by atoms with van der Waals surface area (Å²) >= 11 is 6.01. The number of piperidine rings is 1. The third kappa shape index (κ3) is 3.54. The fraction of sp³-hybridized carbons (Fsp3) is 0.556. The maximum atomic E-state index is 12.8. The fourth-order valence-corrected chi connectivity index (χ4v) is 4.39. The molecule has 25 heavy (non-hydrogen) atoms. The summed E-state index contributed by atoms with van der Waals surface area (Å²) in [7, 11) is 0. The van der Waals surface area contributed by atoms with Crippen molar-refractivity contribution < 1.29 is 4.79 Å². The van der Waals surface area contributed by atoms with Crippen molar-refractivity contribution in [1.29, 1.82) is 0 Å².